The standard InChI is InChI=1S/C11H16N4O3/c1-6-3-9(16)8(5-13-6)11(17)14-7(2)4-10(12)15-18/h3,5,7,18H,4H2,1-2H3,(H2,12,15)(H,13,16)(H,14,17). The van der Waals surface area contributed by atoms with Crippen molar-refractivity contribution in [2.75, 3.05) is 0 Å². The predicted octanol–water partition coefficient (Wildman–Crippen LogP) is -0.0619. The normalized spacial score (nSPS) is 13.1. The van der Waals surface area contributed by atoms with Gasteiger partial charge in [-0.05, 0) is 13.8 Å². The quantitative estimate of drug-likeness (QED) is 0.259. The number of amides is 1. The summed E-state index contributed by atoms with van der Waals surface area (Å²) < 4.78 is 0. The van der Waals surface area contributed by atoms with E-state index < -0.39 is 5.91 Å². The van der Waals surface area contributed by atoms with E-state index in [1.165, 1.54) is 12.3 Å². The summed E-state index contributed by atoms with van der Waals surface area (Å²) in [5.41, 5.74) is 5.69. The van der Waals surface area contributed by atoms with Crippen LogP contribution in [0.1, 0.15) is 29.4 Å². The number of aromatic amines is 1. The molecule has 5 N–H and O–H groups in total. The fourth-order valence-corrected chi connectivity index (χ4v) is 1.46. The molecule has 1 atom stereocenters. The molecule has 1 rings (SSSR count). The zero-order valence-electron chi connectivity index (χ0n) is 10.2. The first-order valence-corrected chi connectivity index (χ1v) is 5.40. The molecule has 0 spiro atoms. The summed E-state index contributed by atoms with van der Waals surface area (Å²) in [4.78, 5) is 26.2. The Kier molecular flexibility index (Phi) is 4.47. The number of nitrogens with one attached hydrogen (secondary N) is 2. The molecule has 1 aromatic rings. The summed E-state index contributed by atoms with van der Waals surface area (Å²) in [5.74, 6) is -0.477. The predicted molar refractivity (Wildman–Crippen MR) is 66.8 cm³/mol. The number of aryl methyl sites for hydroxylation is 1. The van der Waals surface area contributed by atoms with Gasteiger partial charge >= 0.3 is 0 Å². The van der Waals surface area contributed by atoms with Crippen LogP contribution >= 0.6 is 0 Å². The van der Waals surface area contributed by atoms with Gasteiger partial charge in [0, 0.05) is 30.4 Å². The number of carbonyl (C=O) groups excluding carboxylic acids is 1. The van der Waals surface area contributed by atoms with Crippen molar-refractivity contribution in [1.29, 1.82) is 0 Å². The smallest absolute Gasteiger partial charge is 0.256 e. The Bertz CT molecular complexity index is 521. The zero-order valence-corrected chi connectivity index (χ0v) is 10.2. The molecule has 7 nitrogen and oxygen atoms in total. The van der Waals surface area contributed by atoms with Crippen molar-refractivity contribution in [3.05, 3.63) is 33.7 Å². The minimum Gasteiger partial charge on any atom is -0.409 e. The summed E-state index contributed by atoms with van der Waals surface area (Å²) in [5, 5.41) is 13.8. The number of nitrogens with zero attached hydrogens (tertiary/aromatic N) is 1. The molecule has 0 saturated heterocycles. The lowest BCUT2D eigenvalue weighted by Crippen LogP contribution is -2.37. The second-order valence-corrected chi connectivity index (χ2v) is 4.06. The van der Waals surface area contributed by atoms with Crippen LogP contribution in [0.15, 0.2) is 22.2 Å². The molecule has 1 amide bonds. The maximum Gasteiger partial charge on any atom is 0.256 e. The third-order valence-electron chi connectivity index (χ3n) is 2.32. The van der Waals surface area contributed by atoms with E-state index in [2.05, 4.69) is 15.5 Å². The Balaban J connectivity index is 2.74. The van der Waals surface area contributed by atoms with E-state index in [0.717, 1.165) is 0 Å². The molecule has 1 heterocycles. The number of aromatic nitrogens is 1. The van der Waals surface area contributed by atoms with Crippen molar-refractivity contribution in [1.82, 2.24) is 10.3 Å². The number of H-pyrrole nitrogens is 1. The van der Waals surface area contributed by atoms with Crippen LogP contribution in [0.3, 0.4) is 0 Å². The van der Waals surface area contributed by atoms with Crippen molar-refractivity contribution in [3.8, 4) is 0 Å². The highest BCUT2D eigenvalue weighted by atomic mass is 16.4. The average molecular weight is 252 g/mol. The highest BCUT2D eigenvalue weighted by Gasteiger charge is 2.14. The van der Waals surface area contributed by atoms with Crippen LogP contribution in [0.5, 0.6) is 0 Å². The Morgan fingerprint density at radius 2 is 2.33 bits per heavy atom. The van der Waals surface area contributed by atoms with Gasteiger partial charge in [0.05, 0.1) is 0 Å². The van der Waals surface area contributed by atoms with E-state index in [9.17, 15) is 9.59 Å². The molecule has 0 aliphatic carbocycles. The maximum atomic E-state index is 11.8. The topological polar surface area (TPSA) is 121 Å². The summed E-state index contributed by atoms with van der Waals surface area (Å²) in [6, 6.07) is 1.01. The van der Waals surface area contributed by atoms with Gasteiger partial charge in [-0.2, -0.15) is 0 Å². The monoisotopic (exact) mass is 252 g/mol. The van der Waals surface area contributed by atoms with Gasteiger partial charge in [0.1, 0.15) is 11.4 Å². The Morgan fingerprint density at radius 3 is 2.89 bits per heavy atom. The van der Waals surface area contributed by atoms with Crippen LogP contribution in [-0.2, 0) is 0 Å². The molecule has 1 unspecified atom stereocenters. The molecular weight excluding hydrogens is 236 g/mol. The SMILES string of the molecule is Cc1cc(=O)c(C(=O)NC(C)CC(N)=NO)c[nH]1. The van der Waals surface area contributed by atoms with Crippen molar-refractivity contribution >= 4 is 11.7 Å². The molecule has 0 fully saturated rings. The van der Waals surface area contributed by atoms with Gasteiger partial charge < -0.3 is 21.2 Å². The second kappa shape index (κ2) is 5.85. The van der Waals surface area contributed by atoms with Crippen molar-refractivity contribution in [2.45, 2.75) is 26.3 Å². The number of hydrogen-bond donors (Lipinski definition) is 4. The molecule has 0 aliphatic heterocycles. The number of nitrogens with two attached hydrogens (primary N) is 1. The molecule has 0 aromatic carbocycles. The third-order valence-corrected chi connectivity index (χ3v) is 2.32. The van der Waals surface area contributed by atoms with Gasteiger partial charge in [0.2, 0.25) is 0 Å². The highest BCUT2D eigenvalue weighted by molar-refractivity contribution is 5.94. The van der Waals surface area contributed by atoms with Crippen LogP contribution in [-0.4, -0.2) is 28.0 Å². The lowest BCUT2D eigenvalue weighted by Gasteiger charge is -2.12. The van der Waals surface area contributed by atoms with Crippen LogP contribution in [0, 0.1) is 6.92 Å². The van der Waals surface area contributed by atoms with Crippen LogP contribution in [0.25, 0.3) is 0 Å². The van der Waals surface area contributed by atoms with Gasteiger partial charge in [0.15, 0.2) is 5.43 Å². The number of pyridine rings is 1. The minimum absolute atomic E-state index is 0.0145. The van der Waals surface area contributed by atoms with Crippen LogP contribution < -0.4 is 16.5 Å². The van der Waals surface area contributed by atoms with Gasteiger partial charge in [-0.1, -0.05) is 5.16 Å². The number of hydrogen-bond acceptors (Lipinski definition) is 4. The first kappa shape index (κ1) is 13.8. The third kappa shape index (κ3) is 3.62. The Morgan fingerprint density at radius 1 is 1.67 bits per heavy atom. The van der Waals surface area contributed by atoms with Crippen molar-refractivity contribution in [3.63, 3.8) is 0 Å². The number of rotatable bonds is 4. The molecule has 0 aliphatic rings. The summed E-state index contributed by atoms with van der Waals surface area (Å²) in [6.45, 7) is 3.42. The Hall–Kier alpha value is -2.31. The number of oxime groups is 1. The maximum absolute atomic E-state index is 11.8. The van der Waals surface area contributed by atoms with E-state index in [-0.39, 0.29) is 29.3 Å². The Labute approximate surface area is 104 Å². The largest absolute Gasteiger partial charge is 0.409 e. The molecule has 18 heavy (non-hydrogen) atoms. The second-order valence-electron chi connectivity index (χ2n) is 4.06. The fourth-order valence-electron chi connectivity index (χ4n) is 1.46. The summed E-state index contributed by atoms with van der Waals surface area (Å²) in [6.07, 6.45) is 1.56. The van der Waals surface area contributed by atoms with Gasteiger partial charge in [-0.3, -0.25) is 9.59 Å². The fraction of sp³-hybridized carbons (Fsp3) is 0.364. The lowest BCUT2D eigenvalue weighted by molar-refractivity contribution is 0.0939. The molecule has 7 heteroatoms. The molecule has 1 aromatic heterocycles. The molecule has 98 valence electrons. The molecule has 0 saturated carbocycles. The van der Waals surface area contributed by atoms with Crippen LogP contribution in [0.2, 0.25) is 0 Å². The zero-order chi connectivity index (χ0) is 13.7. The van der Waals surface area contributed by atoms with E-state index in [4.69, 9.17) is 10.9 Å². The first-order chi connectivity index (χ1) is 8.43. The van der Waals surface area contributed by atoms with E-state index in [1.54, 1.807) is 13.8 Å². The van der Waals surface area contributed by atoms with Crippen molar-refractivity contribution < 1.29 is 10.0 Å². The summed E-state index contributed by atoms with van der Waals surface area (Å²) >= 11 is 0. The van der Waals surface area contributed by atoms with E-state index in [1.807, 2.05) is 0 Å². The molecule has 0 bridgehead atoms. The minimum atomic E-state index is -0.491. The van der Waals surface area contributed by atoms with E-state index in [0.29, 0.717) is 5.69 Å². The number of carbonyl (C=O) groups is 1. The number of amidine groups is 1. The van der Waals surface area contributed by atoms with Gasteiger partial charge in [-0.15, -0.1) is 0 Å². The lowest BCUT2D eigenvalue weighted by atomic mass is 10.2. The van der Waals surface area contributed by atoms with Crippen molar-refractivity contribution in [2.24, 2.45) is 10.9 Å². The van der Waals surface area contributed by atoms with Gasteiger partial charge in [-0.25, -0.2) is 0 Å². The average Bonchev–Trinajstić information content (AvgIpc) is 2.28. The van der Waals surface area contributed by atoms with Gasteiger partial charge in [0.25, 0.3) is 5.91 Å². The summed E-state index contributed by atoms with van der Waals surface area (Å²) in [7, 11) is 0. The highest BCUT2D eigenvalue weighted by Crippen LogP contribution is 1.96. The molecular formula is C11H16N4O3. The van der Waals surface area contributed by atoms with E-state index >= 15 is 0 Å². The molecule has 0 radical (unpaired) electrons. The van der Waals surface area contributed by atoms with Crippen LogP contribution in [0.4, 0.5) is 0 Å². The first-order valence-electron chi connectivity index (χ1n) is 5.40.